The predicted molar refractivity (Wildman–Crippen MR) is 113 cm³/mol. The van der Waals surface area contributed by atoms with E-state index in [1.54, 1.807) is 12.3 Å². The zero-order valence-corrected chi connectivity index (χ0v) is 17.0. The molecule has 0 radical (unpaired) electrons. The fourth-order valence-electron chi connectivity index (χ4n) is 3.68. The lowest BCUT2D eigenvalue weighted by molar-refractivity contribution is -0.138. The first-order valence-electron chi connectivity index (χ1n) is 9.22. The molecular weight excluding hydrogens is 418 g/mol. The summed E-state index contributed by atoms with van der Waals surface area (Å²) in [4.78, 5) is 29.6. The minimum Gasteiger partial charge on any atom is -0.338 e. The van der Waals surface area contributed by atoms with Gasteiger partial charge in [-0.2, -0.15) is 0 Å². The van der Waals surface area contributed by atoms with Crippen LogP contribution in [-0.2, 0) is 15.1 Å². The third-order valence-electron chi connectivity index (χ3n) is 5.36. The van der Waals surface area contributed by atoms with E-state index in [4.69, 9.17) is 0 Å². The lowest BCUT2D eigenvalue weighted by atomic mass is 9.72. The van der Waals surface area contributed by atoms with Gasteiger partial charge in [0.05, 0.1) is 16.7 Å². The maximum Gasteiger partial charge on any atom is 0.313 e. The van der Waals surface area contributed by atoms with E-state index >= 15 is 0 Å². The molecule has 0 atom stereocenters. The number of aryl methyl sites for hydroxylation is 1. The Kier molecular flexibility index (Phi) is 4.89. The van der Waals surface area contributed by atoms with Gasteiger partial charge in [-0.25, -0.2) is 0 Å². The molecule has 142 valence electrons. The number of rotatable bonds is 3. The van der Waals surface area contributed by atoms with Gasteiger partial charge >= 0.3 is 11.8 Å². The van der Waals surface area contributed by atoms with Crippen LogP contribution >= 0.6 is 15.9 Å². The smallest absolute Gasteiger partial charge is 0.313 e. The number of carbonyl (C=O) groups excluding carboxylic acids is 2. The molecule has 3 aromatic rings. The van der Waals surface area contributed by atoms with Crippen molar-refractivity contribution in [3.8, 4) is 0 Å². The third-order valence-corrected chi connectivity index (χ3v) is 5.86. The summed E-state index contributed by atoms with van der Waals surface area (Å²) in [7, 11) is 0. The molecule has 1 saturated carbocycles. The number of carbonyl (C=O) groups is 2. The second-order valence-corrected chi connectivity index (χ2v) is 8.10. The number of hydrogen-bond acceptors (Lipinski definition) is 3. The monoisotopic (exact) mass is 437 g/mol. The molecule has 28 heavy (non-hydrogen) atoms. The van der Waals surface area contributed by atoms with Gasteiger partial charge in [-0.15, -0.1) is 0 Å². The number of amides is 2. The van der Waals surface area contributed by atoms with E-state index in [-0.39, 0.29) is 0 Å². The van der Waals surface area contributed by atoms with E-state index in [9.17, 15) is 9.59 Å². The number of aromatic nitrogens is 1. The second kappa shape index (κ2) is 7.36. The van der Waals surface area contributed by atoms with Crippen LogP contribution in [0.15, 0.2) is 59.2 Å². The van der Waals surface area contributed by atoms with Crippen molar-refractivity contribution in [2.75, 3.05) is 5.32 Å². The molecule has 1 aliphatic carbocycles. The minimum absolute atomic E-state index is 0.477. The first-order chi connectivity index (χ1) is 13.5. The molecule has 2 aromatic carbocycles. The number of halogens is 1. The SMILES string of the molecule is Cc1ccc(NC(=O)C(=O)NC2(c3cccc(Br)c3)CCC2)c2cccnc12. The van der Waals surface area contributed by atoms with E-state index in [0.29, 0.717) is 5.69 Å². The van der Waals surface area contributed by atoms with Crippen LogP contribution in [0, 0.1) is 6.92 Å². The van der Waals surface area contributed by atoms with E-state index in [1.165, 1.54) is 0 Å². The fraction of sp³-hybridized carbons (Fsp3) is 0.227. The average Bonchev–Trinajstić information content (AvgIpc) is 2.67. The van der Waals surface area contributed by atoms with Gasteiger partial charge in [0.1, 0.15) is 0 Å². The highest BCUT2D eigenvalue weighted by Gasteiger charge is 2.41. The minimum atomic E-state index is -0.671. The van der Waals surface area contributed by atoms with Crippen LogP contribution in [0.2, 0.25) is 0 Å². The summed E-state index contributed by atoms with van der Waals surface area (Å²) in [6.45, 7) is 1.96. The number of nitrogens with zero attached hydrogens (tertiary/aromatic N) is 1. The number of benzene rings is 2. The number of hydrogen-bond donors (Lipinski definition) is 2. The lowest BCUT2D eigenvalue weighted by Gasteiger charge is -2.43. The van der Waals surface area contributed by atoms with Gasteiger partial charge in [-0.05, 0) is 67.6 Å². The van der Waals surface area contributed by atoms with Crippen molar-refractivity contribution in [2.45, 2.75) is 31.7 Å². The van der Waals surface area contributed by atoms with Gasteiger partial charge < -0.3 is 10.6 Å². The van der Waals surface area contributed by atoms with E-state index in [0.717, 1.165) is 45.8 Å². The van der Waals surface area contributed by atoms with Crippen molar-refractivity contribution in [3.63, 3.8) is 0 Å². The zero-order chi connectivity index (χ0) is 19.7. The molecule has 0 unspecified atom stereocenters. The van der Waals surface area contributed by atoms with E-state index < -0.39 is 17.4 Å². The molecule has 0 spiro atoms. The van der Waals surface area contributed by atoms with Gasteiger partial charge in [0, 0.05) is 16.1 Å². The van der Waals surface area contributed by atoms with Crippen molar-refractivity contribution in [2.24, 2.45) is 0 Å². The lowest BCUT2D eigenvalue weighted by Crippen LogP contribution is -2.53. The van der Waals surface area contributed by atoms with Crippen LogP contribution in [0.1, 0.15) is 30.4 Å². The molecule has 0 saturated heterocycles. The summed E-state index contributed by atoms with van der Waals surface area (Å²) in [5, 5.41) is 6.52. The number of nitrogens with one attached hydrogen (secondary N) is 2. The first-order valence-corrected chi connectivity index (χ1v) is 10.0. The standard InChI is InChI=1S/C22H20BrN3O2/c1-14-8-9-18(17-7-3-12-24-19(14)17)25-20(27)21(28)26-22(10-4-11-22)15-5-2-6-16(23)13-15/h2-3,5-9,12-13H,4,10-11H2,1H3,(H,25,27)(H,26,28). The quantitative estimate of drug-likeness (QED) is 0.594. The van der Waals surface area contributed by atoms with Gasteiger partial charge in [-0.1, -0.05) is 34.1 Å². The van der Waals surface area contributed by atoms with Crippen LogP contribution < -0.4 is 10.6 Å². The molecule has 5 nitrogen and oxygen atoms in total. The number of fused-ring (bicyclic) bond motifs is 1. The Labute approximate surface area is 171 Å². The molecule has 6 heteroatoms. The van der Waals surface area contributed by atoms with E-state index in [2.05, 4.69) is 31.5 Å². The summed E-state index contributed by atoms with van der Waals surface area (Å²) < 4.78 is 0.952. The number of anilines is 1. The van der Waals surface area contributed by atoms with Crippen LogP contribution in [0.5, 0.6) is 0 Å². The predicted octanol–water partition coefficient (Wildman–Crippen LogP) is 4.44. The average molecular weight is 438 g/mol. The zero-order valence-electron chi connectivity index (χ0n) is 15.5. The van der Waals surface area contributed by atoms with Crippen LogP contribution in [0.3, 0.4) is 0 Å². The van der Waals surface area contributed by atoms with E-state index in [1.807, 2.05) is 49.4 Å². The summed E-state index contributed by atoms with van der Waals surface area (Å²) in [5.41, 5.74) is 2.94. The maximum atomic E-state index is 12.7. The number of pyridine rings is 1. The Morgan fingerprint density at radius 1 is 1.07 bits per heavy atom. The normalized spacial score (nSPS) is 14.9. The first kappa shape index (κ1) is 18.6. The van der Waals surface area contributed by atoms with Crippen molar-refractivity contribution in [1.29, 1.82) is 0 Å². The molecule has 2 amide bonds. The molecular formula is C22H20BrN3O2. The molecule has 1 aliphatic rings. The Bertz CT molecular complexity index is 1080. The highest BCUT2D eigenvalue weighted by Crippen LogP contribution is 2.41. The van der Waals surface area contributed by atoms with Crippen molar-refractivity contribution < 1.29 is 9.59 Å². The Hall–Kier alpha value is -2.73. The fourth-order valence-corrected chi connectivity index (χ4v) is 4.08. The molecule has 1 fully saturated rings. The maximum absolute atomic E-state index is 12.7. The van der Waals surface area contributed by atoms with Crippen LogP contribution in [-0.4, -0.2) is 16.8 Å². The third kappa shape index (κ3) is 3.40. The molecule has 1 aromatic heterocycles. The summed E-state index contributed by atoms with van der Waals surface area (Å²) in [6, 6.07) is 15.3. The van der Waals surface area contributed by atoms with Gasteiger partial charge in [0.2, 0.25) is 0 Å². The van der Waals surface area contributed by atoms with Crippen molar-refractivity contribution in [3.05, 3.63) is 70.3 Å². The molecule has 4 rings (SSSR count). The topological polar surface area (TPSA) is 71.1 Å². The second-order valence-electron chi connectivity index (χ2n) is 7.18. The van der Waals surface area contributed by atoms with Crippen molar-refractivity contribution >= 4 is 44.3 Å². The summed E-state index contributed by atoms with van der Waals surface area (Å²) >= 11 is 3.48. The molecule has 0 aliphatic heterocycles. The molecule has 1 heterocycles. The molecule has 2 N–H and O–H groups in total. The highest BCUT2D eigenvalue weighted by atomic mass is 79.9. The molecule has 0 bridgehead atoms. The van der Waals surface area contributed by atoms with Crippen LogP contribution in [0.25, 0.3) is 10.9 Å². The van der Waals surface area contributed by atoms with Gasteiger partial charge in [0.25, 0.3) is 0 Å². The summed E-state index contributed by atoms with van der Waals surface area (Å²) in [5.74, 6) is -1.30. The van der Waals surface area contributed by atoms with Gasteiger partial charge in [0.15, 0.2) is 0 Å². The summed E-state index contributed by atoms with van der Waals surface area (Å²) in [6.07, 6.45) is 4.37. The van der Waals surface area contributed by atoms with Crippen molar-refractivity contribution in [1.82, 2.24) is 10.3 Å². The Morgan fingerprint density at radius 3 is 2.61 bits per heavy atom. The van der Waals surface area contributed by atoms with Gasteiger partial charge in [-0.3, -0.25) is 14.6 Å². The Balaban J connectivity index is 1.55. The highest BCUT2D eigenvalue weighted by molar-refractivity contribution is 9.10. The Morgan fingerprint density at radius 2 is 1.89 bits per heavy atom. The van der Waals surface area contributed by atoms with Crippen LogP contribution in [0.4, 0.5) is 5.69 Å². The largest absolute Gasteiger partial charge is 0.338 e.